The van der Waals surface area contributed by atoms with E-state index in [0.717, 1.165) is 0 Å². The molecule has 0 aliphatic heterocycles. The number of nitrogens with one attached hydrogen (secondary N) is 1. The van der Waals surface area contributed by atoms with Gasteiger partial charge in [0.2, 0.25) is 0 Å². The van der Waals surface area contributed by atoms with Gasteiger partial charge in [0, 0.05) is 37.0 Å². The number of likely N-dealkylation sites (N-methyl/N-ethyl adjacent to an activating group) is 1. The fraction of sp³-hybridized carbons (Fsp3) is 0.643. The quantitative estimate of drug-likeness (QED) is 0.576. The molecule has 1 aromatic heterocycles. The van der Waals surface area contributed by atoms with Crippen molar-refractivity contribution in [2.45, 2.75) is 32.9 Å². The van der Waals surface area contributed by atoms with Gasteiger partial charge >= 0.3 is 0 Å². The maximum Gasteiger partial charge on any atom is 0.278 e. The van der Waals surface area contributed by atoms with Crippen molar-refractivity contribution in [2.75, 3.05) is 27.2 Å². The summed E-state index contributed by atoms with van der Waals surface area (Å²) in [6, 6.07) is 0. The normalized spacial score (nSPS) is 14.2. The van der Waals surface area contributed by atoms with Gasteiger partial charge in [-0.05, 0) is 34.9 Å². The first-order valence-corrected chi connectivity index (χ1v) is 6.81. The van der Waals surface area contributed by atoms with Crippen LogP contribution >= 0.6 is 0 Å². The molecule has 0 aliphatic carbocycles. The van der Waals surface area contributed by atoms with Crippen molar-refractivity contribution in [1.29, 1.82) is 0 Å². The number of hydrogen-bond acceptors (Lipinski definition) is 6. The zero-order valence-corrected chi connectivity index (χ0v) is 13.3. The predicted molar refractivity (Wildman–Crippen MR) is 81.2 cm³/mol. The van der Waals surface area contributed by atoms with Crippen LogP contribution in [0.1, 0.15) is 23.7 Å². The zero-order valence-electron chi connectivity index (χ0n) is 13.3. The van der Waals surface area contributed by atoms with Crippen LogP contribution in [-0.2, 0) is 6.54 Å². The van der Waals surface area contributed by atoms with E-state index in [1.54, 1.807) is 20.8 Å². The summed E-state index contributed by atoms with van der Waals surface area (Å²) < 4.78 is 0. The molecule has 1 unspecified atom stereocenters. The van der Waals surface area contributed by atoms with Crippen LogP contribution in [0.15, 0.2) is 6.20 Å². The summed E-state index contributed by atoms with van der Waals surface area (Å²) in [5, 5.41) is 24.4. The Kier molecular flexibility index (Phi) is 5.77. The van der Waals surface area contributed by atoms with Gasteiger partial charge in [-0.2, -0.15) is 0 Å². The molecule has 1 aromatic rings. The summed E-state index contributed by atoms with van der Waals surface area (Å²) in [7, 11) is 3.78. The number of aliphatic hydroxyl groups is 1. The molecule has 118 valence electrons. The van der Waals surface area contributed by atoms with Gasteiger partial charge in [0.05, 0.1) is 16.2 Å². The molecule has 0 saturated carbocycles. The van der Waals surface area contributed by atoms with E-state index in [0.29, 0.717) is 36.5 Å². The zero-order chi connectivity index (χ0) is 16.2. The minimum atomic E-state index is -0.867. The van der Waals surface area contributed by atoms with Crippen LogP contribution in [0, 0.1) is 24.0 Å². The summed E-state index contributed by atoms with van der Waals surface area (Å²) >= 11 is 0. The van der Waals surface area contributed by atoms with Gasteiger partial charge in [-0.15, -0.1) is 0 Å². The Hall–Kier alpha value is -1.57. The number of nitrogens with zero attached hydrogens (tertiary/aromatic N) is 3. The molecule has 0 bridgehead atoms. The number of rotatable bonds is 7. The molecular formula is C14H24N4O3. The maximum absolute atomic E-state index is 11.1. The number of pyridine rings is 1. The lowest BCUT2D eigenvalue weighted by molar-refractivity contribution is -0.386. The monoisotopic (exact) mass is 296 g/mol. The van der Waals surface area contributed by atoms with E-state index < -0.39 is 5.60 Å². The molecule has 1 rings (SSSR count). The molecule has 0 saturated heterocycles. The highest BCUT2D eigenvalue weighted by molar-refractivity contribution is 5.47. The van der Waals surface area contributed by atoms with E-state index in [4.69, 9.17) is 0 Å². The Labute approximate surface area is 125 Å². The van der Waals surface area contributed by atoms with Crippen LogP contribution in [0.25, 0.3) is 0 Å². The van der Waals surface area contributed by atoms with Crippen molar-refractivity contribution >= 4 is 5.69 Å². The predicted octanol–water partition coefficient (Wildman–Crippen LogP) is 1.01. The molecule has 0 radical (unpaired) electrons. The van der Waals surface area contributed by atoms with Crippen LogP contribution in [0.5, 0.6) is 0 Å². The highest BCUT2D eigenvalue weighted by Crippen LogP contribution is 2.23. The largest absolute Gasteiger partial charge is 0.388 e. The summed E-state index contributed by atoms with van der Waals surface area (Å²) in [5.74, 6) is 0. The summed E-state index contributed by atoms with van der Waals surface area (Å²) in [6.07, 6.45) is 1.51. The Morgan fingerprint density at radius 3 is 2.62 bits per heavy atom. The molecular weight excluding hydrogens is 272 g/mol. The molecule has 2 N–H and O–H groups in total. The van der Waals surface area contributed by atoms with Gasteiger partial charge < -0.3 is 15.3 Å². The van der Waals surface area contributed by atoms with E-state index in [-0.39, 0.29) is 10.6 Å². The third kappa shape index (κ3) is 5.04. The number of aryl methyl sites for hydroxylation is 1. The van der Waals surface area contributed by atoms with Crippen molar-refractivity contribution in [3.8, 4) is 0 Å². The van der Waals surface area contributed by atoms with Crippen LogP contribution in [0.4, 0.5) is 5.69 Å². The average molecular weight is 296 g/mol. The van der Waals surface area contributed by atoms with Crippen LogP contribution in [-0.4, -0.2) is 52.7 Å². The molecule has 0 aromatic carbocycles. The Morgan fingerprint density at radius 1 is 1.48 bits per heavy atom. The summed E-state index contributed by atoms with van der Waals surface area (Å²) in [6.45, 7) is 6.42. The van der Waals surface area contributed by atoms with Gasteiger partial charge in [0.1, 0.15) is 0 Å². The minimum Gasteiger partial charge on any atom is -0.388 e. The summed E-state index contributed by atoms with van der Waals surface area (Å²) in [5.41, 5.74) is 1.00. The van der Waals surface area contributed by atoms with Crippen molar-refractivity contribution in [3.63, 3.8) is 0 Å². The van der Waals surface area contributed by atoms with Crippen molar-refractivity contribution in [2.24, 2.45) is 0 Å². The highest BCUT2D eigenvalue weighted by Gasteiger charge is 2.22. The lowest BCUT2D eigenvalue weighted by Crippen LogP contribution is -2.45. The molecule has 0 amide bonds. The van der Waals surface area contributed by atoms with Gasteiger partial charge in [-0.3, -0.25) is 15.1 Å². The first kappa shape index (κ1) is 17.5. The van der Waals surface area contributed by atoms with Gasteiger partial charge in [0.25, 0.3) is 5.69 Å². The smallest absolute Gasteiger partial charge is 0.278 e. The third-order valence-electron chi connectivity index (χ3n) is 3.21. The molecule has 7 nitrogen and oxygen atoms in total. The number of aromatic nitrogens is 1. The second-order valence-corrected chi connectivity index (χ2v) is 5.96. The van der Waals surface area contributed by atoms with Gasteiger partial charge in [-0.25, -0.2) is 0 Å². The molecule has 21 heavy (non-hydrogen) atoms. The first-order chi connectivity index (χ1) is 9.64. The first-order valence-electron chi connectivity index (χ1n) is 6.81. The lowest BCUT2D eigenvalue weighted by Gasteiger charge is -2.27. The van der Waals surface area contributed by atoms with Crippen molar-refractivity contribution in [3.05, 3.63) is 33.1 Å². The van der Waals surface area contributed by atoms with Gasteiger partial charge in [0.15, 0.2) is 0 Å². The van der Waals surface area contributed by atoms with E-state index >= 15 is 0 Å². The molecule has 1 heterocycles. The minimum absolute atomic E-state index is 0.113. The van der Waals surface area contributed by atoms with Crippen LogP contribution in [0.2, 0.25) is 0 Å². The second-order valence-electron chi connectivity index (χ2n) is 5.96. The topological polar surface area (TPSA) is 91.5 Å². The number of nitro groups is 1. The molecule has 7 heteroatoms. The third-order valence-corrected chi connectivity index (χ3v) is 3.21. The fourth-order valence-electron chi connectivity index (χ4n) is 2.41. The Morgan fingerprint density at radius 2 is 2.10 bits per heavy atom. The maximum atomic E-state index is 11.1. The van der Waals surface area contributed by atoms with E-state index in [1.807, 2.05) is 19.0 Å². The molecule has 0 fully saturated rings. The van der Waals surface area contributed by atoms with E-state index in [2.05, 4.69) is 10.3 Å². The fourth-order valence-corrected chi connectivity index (χ4v) is 2.41. The summed E-state index contributed by atoms with van der Waals surface area (Å²) in [4.78, 5) is 16.8. The number of hydrogen-bond donors (Lipinski definition) is 2. The van der Waals surface area contributed by atoms with Crippen LogP contribution in [0.3, 0.4) is 0 Å². The van der Waals surface area contributed by atoms with E-state index in [9.17, 15) is 15.2 Å². The molecule has 0 aliphatic rings. The molecule has 0 spiro atoms. The molecule has 1 atom stereocenters. The highest BCUT2D eigenvalue weighted by atomic mass is 16.6. The van der Waals surface area contributed by atoms with E-state index in [1.165, 1.54) is 6.20 Å². The Balaban J connectivity index is 2.73. The standard InChI is InChI=1S/C14H24N4O3/c1-10-6-16-12(11(2)13(10)18(20)21)7-15-8-14(3,19)9-17(4)5/h6,15,19H,7-9H2,1-5H3. The lowest BCUT2D eigenvalue weighted by atomic mass is 10.1. The second kappa shape index (κ2) is 6.93. The van der Waals surface area contributed by atoms with Gasteiger partial charge in [-0.1, -0.05) is 0 Å². The van der Waals surface area contributed by atoms with Crippen molar-refractivity contribution < 1.29 is 10.0 Å². The Bertz CT molecular complexity index is 515. The van der Waals surface area contributed by atoms with Crippen molar-refractivity contribution in [1.82, 2.24) is 15.2 Å². The SMILES string of the molecule is Cc1cnc(CNCC(C)(O)CN(C)C)c(C)c1[N+](=O)[O-]. The van der Waals surface area contributed by atoms with Crippen LogP contribution < -0.4 is 5.32 Å². The average Bonchev–Trinajstić information content (AvgIpc) is 2.29.